The zero-order valence-corrected chi connectivity index (χ0v) is 9.77. The molecule has 5 nitrogen and oxygen atoms in total. The average Bonchev–Trinajstić information content (AvgIpc) is 2.39. The molecular formula is C13H13N3O2. The van der Waals surface area contributed by atoms with E-state index in [1.54, 1.807) is 0 Å². The average molecular weight is 243 g/mol. The van der Waals surface area contributed by atoms with Gasteiger partial charge in [-0.1, -0.05) is 12.1 Å². The van der Waals surface area contributed by atoms with Crippen LogP contribution in [0.25, 0.3) is 0 Å². The molecule has 92 valence electrons. The van der Waals surface area contributed by atoms with E-state index in [2.05, 4.69) is 21.4 Å². The predicted molar refractivity (Wildman–Crippen MR) is 68.2 cm³/mol. The molecule has 0 saturated carbocycles. The Morgan fingerprint density at radius 3 is 3.17 bits per heavy atom. The van der Waals surface area contributed by atoms with E-state index < -0.39 is 0 Å². The molecular weight excluding hydrogens is 230 g/mol. The maximum Gasteiger partial charge on any atom is 0.254 e. The zero-order chi connectivity index (χ0) is 12.4. The van der Waals surface area contributed by atoms with Gasteiger partial charge in [0.15, 0.2) is 5.75 Å². The number of aromatic amines is 1. The third-order valence-corrected chi connectivity index (χ3v) is 2.90. The largest absolute Gasteiger partial charge is 0.437 e. The van der Waals surface area contributed by atoms with Crippen molar-refractivity contribution in [3.63, 3.8) is 0 Å². The van der Waals surface area contributed by atoms with Crippen LogP contribution in [-0.2, 0) is 6.42 Å². The first-order valence-electron chi connectivity index (χ1n) is 5.91. The van der Waals surface area contributed by atoms with Crippen LogP contribution in [0.3, 0.4) is 0 Å². The number of nitrogens with zero attached hydrogens (tertiary/aromatic N) is 1. The van der Waals surface area contributed by atoms with Crippen molar-refractivity contribution in [2.45, 2.75) is 12.8 Å². The van der Waals surface area contributed by atoms with E-state index in [1.165, 1.54) is 18.0 Å². The number of aromatic nitrogens is 2. The maximum atomic E-state index is 11.2. The molecule has 0 spiro atoms. The molecule has 0 radical (unpaired) electrons. The van der Waals surface area contributed by atoms with Gasteiger partial charge in [0.25, 0.3) is 5.56 Å². The van der Waals surface area contributed by atoms with E-state index in [4.69, 9.17) is 4.74 Å². The topological polar surface area (TPSA) is 67.0 Å². The van der Waals surface area contributed by atoms with Crippen molar-refractivity contribution in [3.05, 3.63) is 46.5 Å². The molecule has 0 saturated heterocycles. The minimum Gasteiger partial charge on any atom is -0.437 e. The SMILES string of the molecule is O=c1cc(Oc2cccc3c2NCCC3)nc[nH]1. The van der Waals surface area contributed by atoms with Crippen LogP contribution in [0.2, 0.25) is 0 Å². The lowest BCUT2D eigenvalue weighted by Gasteiger charge is -2.20. The number of para-hydroxylation sites is 1. The van der Waals surface area contributed by atoms with Gasteiger partial charge in [0.2, 0.25) is 5.88 Å². The van der Waals surface area contributed by atoms with Crippen molar-refractivity contribution in [1.29, 1.82) is 0 Å². The minimum absolute atomic E-state index is 0.224. The monoisotopic (exact) mass is 243 g/mol. The van der Waals surface area contributed by atoms with Crippen LogP contribution in [0, 0.1) is 0 Å². The fourth-order valence-corrected chi connectivity index (χ4v) is 2.08. The quantitative estimate of drug-likeness (QED) is 0.845. The van der Waals surface area contributed by atoms with Gasteiger partial charge in [-0.2, -0.15) is 0 Å². The van der Waals surface area contributed by atoms with Gasteiger partial charge in [-0.15, -0.1) is 0 Å². The molecule has 0 atom stereocenters. The zero-order valence-electron chi connectivity index (χ0n) is 9.77. The van der Waals surface area contributed by atoms with Crippen LogP contribution in [0.5, 0.6) is 11.6 Å². The second kappa shape index (κ2) is 4.52. The molecule has 0 unspecified atom stereocenters. The Bertz CT molecular complexity index is 622. The standard InChI is InChI=1S/C13H13N3O2/c17-11-7-12(16-8-15-11)18-10-5-1-3-9-4-2-6-14-13(9)10/h1,3,5,7-8,14H,2,4,6H2,(H,15,16,17). The summed E-state index contributed by atoms with van der Waals surface area (Å²) in [5, 5.41) is 3.33. The summed E-state index contributed by atoms with van der Waals surface area (Å²) in [7, 11) is 0. The minimum atomic E-state index is -0.224. The number of anilines is 1. The van der Waals surface area contributed by atoms with Gasteiger partial charge >= 0.3 is 0 Å². The Labute approximate surface area is 104 Å². The number of fused-ring (bicyclic) bond motifs is 1. The highest BCUT2D eigenvalue weighted by molar-refractivity contribution is 5.63. The first-order chi connectivity index (χ1) is 8.83. The van der Waals surface area contributed by atoms with Crippen molar-refractivity contribution in [1.82, 2.24) is 9.97 Å². The van der Waals surface area contributed by atoms with Crippen LogP contribution >= 0.6 is 0 Å². The smallest absolute Gasteiger partial charge is 0.254 e. The number of hydrogen-bond donors (Lipinski definition) is 2. The van der Waals surface area contributed by atoms with Crippen molar-refractivity contribution >= 4 is 5.69 Å². The van der Waals surface area contributed by atoms with E-state index in [0.717, 1.165) is 25.1 Å². The van der Waals surface area contributed by atoms with Gasteiger partial charge in [-0.05, 0) is 24.5 Å². The number of benzene rings is 1. The fourth-order valence-electron chi connectivity index (χ4n) is 2.08. The van der Waals surface area contributed by atoms with Crippen LogP contribution in [0.15, 0.2) is 35.4 Å². The Morgan fingerprint density at radius 2 is 2.28 bits per heavy atom. The molecule has 3 rings (SSSR count). The third kappa shape index (κ3) is 2.07. The van der Waals surface area contributed by atoms with E-state index >= 15 is 0 Å². The fraction of sp³-hybridized carbons (Fsp3) is 0.231. The second-order valence-corrected chi connectivity index (χ2v) is 4.17. The highest BCUT2D eigenvalue weighted by atomic mass is 16.5. The first kappa shape index (κ1) is 10.8. The molecule has 1 aromatic carbocycles. The van der Waals surface area contributed by atoms with E-state index in [9.17, 15) is 4.79 Å². The van der Waals surface area contributed by atoms with Gasteiger partial charge in [-0.3, -0.25) is 4.79 Å². The first-order valence-corrected chi connectivity index (χ1v) is 5.91. The van der Waals surface area contributed by atoms with Crippen molar-refractivity contribution in [2.75, 3.05) is 11.9 Å². The summed E-state index contributed by atoms with van der Waals surface area (Å²) in [5.74, 6) is 1.02. The summed E-state index contributed by atoms with van der Waals surface area (Å²) in [6.45, 7) is 0.941. The molecule has 0 amide bonds. The Hall–Kier alpha value is -2.30. The number of nitrogens with one attached hydrogen (secondary N) is 2. The van der Waals surface area contributed by atoms with Crippen molar-refractivity contribution in [2.24, 2.45) is 0 Å². The van der Waals surface area contributed by atoms with Gasteiger partial charge in [0.1, 0.15) is 0 Å². The molecule has 2 heterocycles. The summed E-state index contributed by atoms with van der Waals surface area (Å²) < 4.78 is 5.66. The molecule has 0 bridgehead atoms. The maximum absolute atomic E-state index is 11.2. The van der Waals surface area contributed by atoms with Crippen LogP contribution in [-0.4, -0.2) is 16.5 Å². The number of aryl methyl sites for hydroxylation is 1. The number of ether oxygens (including phenoxy) is 1. The Morgan fingerprint density at radius 1 is 1.33 bits per heavy atom. The molecule has 5 heteroatoms. The van der Waals surface area contributed by atoms with Crippen molar-refractivity contribution in [3.8, 4) is 11.6 Å². The van der Waals surface area contributed by atoms with Gasteiger partial charge in [-0.25, -0.2) is 4.98 Å². The van der Waals surface area contributed by atoms with Crippen LogP contribution in [0.4, 0.5) is 5.69 Å². The van der Waals surface area contributed by atoms with E-state index in [-0.39, 0.29) is 5.56 Å². The third-order valence-electron chi connectivity index (χ3n) is 2.90. The highest BCUT2D eigenvalue weighted by Gasteiger charge is 2.14. The molecule has 1 aliphatic rings. The lowest BCUT2D eigenvalue weighted by atomic mass is 10.0. The summed E-state index contributed by atoms with van der Waals surface area (Å²) in [4.78, 5) is 17.6. The molecule has 18 heavy (non-hydrogen) atoms. The van der Waals surface area contributed by atoms with Gasteiger partial charge in [0.05, 0.1) is 18.1 Å². The number of rotatable bonds is 2. The number of hydrogen-bond acceptors (Lipinski definition) is 4. The summed E-state index contributed by atoms with van der Waals surface area (Å²) in [6.07, 6.45) is 3.50. The predicted octanol–water partition coefficient (Wildman–Crippen LogP) is 1.92. The summed E-state index contributed by atoms with van der Waals surface area (Å²) >= 11 is 0. The lowest BCUT2D eigenvalue weighted by molar-refractivity contribution is 0.461. The molecule has 0 fully saturated rings. The van der Waals surface area contributed by atoms with Gasteiger partial charge < -0.3 is 15.0 Å². The normalized spacial score (nSPS) is 13.6. The van der Waals surface area contributed by atoms with E-state index in [1.807, 2.05) is 12.1 Å². The van der Waals surface area contributed by atoms with E-state index in [0.29, 0.717) is 11.6 Å². The molecule has 2 N–H and O–H groups in total. The molecule has 0 aliphatic carbocycles. The molecule has 1 aliphatic heterocycles. The number of H-pyrrole nitrogens is 1. The van der Waals surface area contributed by atoms with Gasteiger partial charge in [0, 0.05) is 6.54 Å². The van der Waals surface area contributed by atoms with Crippen LogP contribution in [0.1, 0.15) is 12.0 Å². The Balaban J connectivity index is 1.95. The Kier molecular flexibility index (Phi) is 2.72. The molecule has 2 aromatic rings. The highest BCUT2D eigenvalue weighted by Crippen LogP contribution is 2.34. The van der Waals surface area contributed by atoms with Crippen molar-refractivity contribution < 1.29 is 4.74 Å². The summed E-state index contributed by atoms with van der Waals surface area (Å²) in [5.41, 5.74) is 2.02. The van der Waals surface area contributed by atoms with Crippen LogP contribution < -0.4 is 15.6 Å². The second-order valence-electron chi connectivity index (χ2n) is 4.17. The molecule has 1 aromatic heterocycles. The lowest BCUT2D eigenvalue weighted by Crippen LogP contribution is -2.12. The summed E-state index contributed by atoms with van der Waals surface area (Å²) in [6, 6.07) is 7.25.